The van der Waals surface area contributed by atoms with Crippen LogP contribution in [-0.4, -0.2) is 49.6 Å². The molecule has 1 aromatic rings. The van der Waals surface area contributed by atoms with Gasteiger partial charge >= 0.3 is 5.97 Å². The molecule has 5 heteroatoms. The second kappa shape index (κ2) is 11.0. The average Bonchev–Trinajstić information content (AvgIpc) is 2.62. The monoisotopic (exact) mass is 347 g/mol. The van der Waals surface area contributed by atoms with Gasteiger partial charge in [-0.25, -0.2) is 0 Å². The Morgan fingerprint density at radius 2 is 1.88 bits per heavy atom. The van der Waals surface area contributed by atoms with Crippen molar-refractivity contribution in [2.75, 3.05) is 32.9 Å². The first kappa shape index (κ1) is 19.6. The molecule has 0 atom stereocenters. The molecule has 138 valence electrons. The van der Waals surface area contributed by atoms with Gasteiger partial charge in [0.1, 0.15) is 0 Å². The van der Waals surface area contributed by atoms with E-state index in [9.17, 15) is 9.59 Å². The number of unbranched alkanes of at least 4 members (excludes halogenated alkanes) is 2. The second-order valence-corrected chi connectivity index (χ2v) is 6.38. The fourth-order valence-electron chi connectivity index (χ4n) is 2.97. The molecule has 1 fully saturated rings. The summed E-state index contributed by atoms with van der Waals surface area (Å²) in [4.78, 5) is 26.0. The molecule has 0 unspecified atom stereocenters. The first-order valence-corrected chi connectivity index (χ1v) is 9.27. The highest BCUT2D eigenvalue weighted by Crippen LogP contribution is 2.14. The van der Waals surface area contributed by atoms with Gasteiger partial charge in [-0.15, -0.1) is 0 Å². The maximum absolute atomic E-state index is 12.4. The van der Waals surface area contributed by atoms with Gasteiger partial charge in [0, 0.05) is 38.0 Å². The van der Waals surface area contributed by atoms with E-state index in [1.54, 1.807) is 0 Å². The number of benzene rings is 1. The fraction of sp³-hybridized carbons (Fsp3) is 0.600. The second-order valence-electron chi connectivity index (χ2n) is 6.38. The van der Waals surface area contributed by atoms with Crippen molar-refractivity contribution in [1.82, 2.24) is 4.90 Å². The third-order valence-corrected chi connectivity index (χ3v) is 4.35. The van der Waals surface area contributed by atoms with Crippen LogP contribution in [0.4, 0.5) is 0 Å². The molecule has 1 saturated heterocycles. The molecule has 0 aliphatic carbocycles. The predicted molar refractivity (Wildman–Crippen MR) is 96.6 cm³/mol. The molecule has 2 rings (SSSR count). The van der Waals surface area contributed by atoms with Crippen LogP contribution in [0.1, 0.15) is 54.9 Å². The van der Waals surface area contributed by atoms with Crippen LogP contribution in [0.2, 0.25) is 0 Å². The number of carbonyl (C=O) groups excluding carboxylic acids is 2. The van der Waals surface area contributed by atoms with E-state index < -0.39 is 0 Å². The lowest BCUT2D eigenvalue weighted by molar-refractivity contribution is -0.143. The third kappa shape index (κ3) is 7.36. The minimum atomic E-state index is -0.148. The van der Waals surface area contributed by atoms with Crippen molar-refractivity contribution in [3.63, 3.8) is 0 Å². The predicted octanol–water partition coefficient (Wildman–Crippen LogP) is 3.22. The van der Waals surface area contributed by atoms with Crippen LogP contribution >= 0.6 is 0 Å². The van der Waals surface area contributed by atoms with Gasteiger partial charge in [0.05, 0.1) is 19.8 Å². The zero-order valence-electron chi connectivity index (χ0n) is 15.2. The lowest BCUT2D eigenvalue weighted by Gasteiger charge is -2.26. The van der Waals surface area contributed by atoms with Crippen LogP contribution in [0.3, 0.4) is 0 Å². The molecule has 0 N–H and O–H groups in total. The van der Waals surface area contributed by atoms with Gasteiger partial charge in [-0.3, -0.25) is 14.5 Å². The minimum Gasteiger partial charge on any atom is -0.466 e. The Morgan fingerprint density at radius 1 is 1.12 bits per heavy atom. The van der Waals surface area contributed by atoms with Gasteiger partial charge < -0.3 is 9.47 Å². The number of rotatable bonds is 10. The normalized spacial score (nSPS) is 15.1. The van der Waals surface area contributed by atoms with Crippen molar-refractivity contribution in [2.45, 2.75) is 45.6 Å². The topological polar surface area (TPSA) is 55.8 Å². The van der Waals surface area contributed by atoms with Crippen LogP contribution in [0.15, 0.2) is 24.3 Å². The molecule has 0 amide bonds. The number of hydrogen-bond acceptors (Lipinski definition) is 5. The molecule has 0 saturated carbocycles. The quantitative estimate of drug-likeness (QED) is 0.369. The van der Waals surface area contributed by atoms with Crippen molar-refractivity contribution >= 4 is 11.8 Å². The number of esters is 1. The van der Waals surface area contributed by atoms with E-state index in [1.165, 1.54) is 5.56 Å². The van der Waals surface area contributed by atoms with Crippen LogP contribution in [0, 0.1) is 0 Å². The fourth-order valence-corrected chi connectivity index (χ4v) is 2.97. The molecule has 5 nitrogen and oxygen atoms in total. The highest BCUT2D eigenvalue weighted by molar-refractivity contribution is 5.96. The summed E-state index contributed by atoms with van der Waals surface area (Å²) in [5.74, 6) is 0.0320. The number of nitrogens with zero attached hydrogens (tertiary/aromatic N) is 1. The van der Waals surface area contributed by atoms with Crippen molar-refractivity contribution in [3.8, 4) is 0 Å². The van der Waals surface area contributed by atoms with Crippen LogP contribution < -0.4 is 0 Å². The summed E-state index contributed by atoms with van der Waals surface area (Å²) in [6.07, 6.45) is 3.44. The summed E-state index contributed by atoms with van der Waals surface area (Å²) in [6.45, 7) is 6.55. The highest BCUT2D eigenvalue weighted by atomic mass is 16.5. The van der Waals surface area contributed by atoms with E-state index in [4.69, 9.17) is 9.47 Å². The van der Waals surface area contributed by atoms with Crippen LogP contribution in [0.5, 0.6) is 0 Å². The third-order valence-electron chi connectivity index (χ3n) is 4.35. The molecular weight excluding hydrogens is 318 g/mol. The Kier molecular flexibility index (Phi) is 8.63. The average molecular weight is 347 g/mol. The first-order chi connectivity index (χ1) is 12.2. The van der Waals surface area contributed by atoms with Gasteiger partial charge in [-0.1, -0.05) is 24.6 Å². The van der Waals surface area contributed by atoms with Gasteiger partial charge in [0.15, 0.2) is 5.78 Å². The summed E-state index contributed by atoms with van der Waals surface area (Å²) < 4.78 is 10.3. The van der Waals surface area contributed by atoms with Crippen LogP contribution in [0.25, 0.3) is 0 Å². The molecule has 1 heterocycles. The lowest BCUT2D eigenvalue weighted by atomic mass is 10.0. The van der Waals surface area contributed by atoms with Crippen molar-refractivity contribution in [1.29, 1.82) is 0 Å². The van der Waals surface area contributed by atoms with Gasteiger partial charge in [0.2, 0.25) is 0 Å². The molecule has 0 bridgehead atoms. The largest absolute Gasteiger partial charge is 0.466 e. The number of ketones is 1. The summed E-state index contributed by atoms with van der Waals surface area (Å²) in [7, 11) is 0. The van der Waals surface area contributed by atoms with Crippen molar-refractivity contribution in [2.24, 2.45) is 0 Å². The zero-order chi connectivity index (χ0) is 17.9. The van der Waals surface area contributed by atoms with E-state index >= 15 is 0 Å². The van der Waals surface area contributed by atoms with E-state index in [0.29, 0.717) is 19.4 Å². The van der Waals surface area contributed by atoms with Crippen molar-refractivity contribution in [3.05, 3.63) is 35.4 Å². The standard InChI is InChI=1S/C20H29NO4/c1-2-25-20(23)10-5-3-4-9-19(22)18-8-6-7-17(15-18)16-21-11-13-24-14-12-21/h6-8,15H,2-5,9-14,16H2,1H3. The van der Waals surface area contributed by atoms with Crippen LogP contribution in [-0.2, 0) is 20.8 Å². The molecule has 1 aliphatic rings. The van der Waals surface area contributed by atoms with E-state index in [-0.39, 0.29) is 11.8 Å². The molecule has 25 heavy (non-hydrogen) atoms. The van der Waals surface area contributed by atoms with Gasteiger partial charge in [-0.2, -0.15) is 0 Å². The summed E-state index contributed by atoms with van der Waals surface area (Å²) in [5, 5.41) is 0. The summed E-state index contributed by atoms with van der Waals surface area (Å²) >= 11 is 0. The summed E-state index contributed by atoms with van der Waals surface area (Å²) in [6, 6.07) is 7.94. The molecular formula is C20H29NO4. The number of ether oxygens (including phenoxy) is 2. The summed E-state index contributed by atoms with van der Waals surface area (Å²) in [5.41, 5.74) is 1.96. The highest BCUT2D eigenvalue weighted by Gasteiger charge is 2.12. The Hall–Kier alpha value is -1.72. The molecule has 1 aromatic carbocycles. The lowest BCUT2D eigenvalue weighted by Crippen LogP contribution is -2.35. The van der Waals surface area contributed by atoms with E-state index in [0.717, 1.165) is 57.7 Å². The maximum Gasteiger partial charge on any atom is 0.305 e. The first-order valence-electron chi connectivity index (χ1n) is 9.27. The SMILES string of the molecule is CCOC(=O)CCCCCC(=O)c1cccc(CN2CCOCC2)c1. The smallest absolute Gasteiger partial charge is 0.305 e. The molecule has 0 radical (unpaired) electrons. The Bertz CT molecular complexity index is 552. The minimum absolute atomic E-state index is 0.148. The number of morpholine rings is 1. The number of carbonyl (C=O) groups is 2. The molecule has 0 spiro atoms. The Balaban J connectivity index is 1.72. The van der Waals surface area contributed by atoms with Gasteiger partial charge in [-0.05, 0) is 31.4 Å². The van der Waals surface area contributed by atoms with Crippen molar-refractivity contribution < 1.29 is 19.1 Å². The van der Waals surface area contributed by atoms with E-state index in [2.05, 4.69) is 11.0 Å². The number of Topliss-reactive ketones (excluding diaryl/α,β-unsaturated/α-hetero) is 1. The Morgan fingerprint density at radius 3 is 2.64 bits per heavy atom. The van der Waals surface area contributed by atoms with E-state index in [1.807, 2.05) is 25.1 Å². The number of hydrogen-bond donors (Lipinski definition) is 0. The molecule has 0 aromatic heterocycles. The van der Waals surface area contributed by atoms with Gasteiger partial charge in [0.25, 0.3) is 0 Å². The Labute approximate surface area is 150 Å². The molecule has 1 aliphatic heterocycles. The zero-order valence-corrected chi connectivity index (χ0v) is 15.2. The maximum atomic E-state index is 12.4.